The summed E-state index contributed by atoms with van der Waals surface area (Å²) in [5.74, 6) is 0.712. The maximum atomic E-state index is 5.48. The molecule has 3 nitrogen and oxygen atoms in total. The fourth-order valence-electron chi connectivity index (χ4n) is 2.02. The van der Waals surface area contributed by atoms with Crippen molar-refractivity contribution in [2.24, 2.45) is 5.92 Å². The molecule has 0 unspecified atom stereocenters. The maximum absolute atomic E-state index is 5.48. The quantitative estimate of drug-likeness (QED) is 0.785. The highest BCUT2D eigenvalue weighted by Crippen LogP contribution is 2.15. The van der Waals surface area contributed by atoms with Crippen molar-refractivity contribution in [1.82, 2.24) is 9.88 Å². The molecule has 84 valence electrons. The summed E-state index contributed by atoms with van der Waals surface area (Å²) in [7, 11) is 2.16. The highest BCUT2D eigenvalue weighted by atomic mass is 32.1. The van der Waals surface area contributed by atoms with Crippen molar-refractivity contribution in [2.75, 3.05) is 26.8 Å². The lowest BCUT2D eigenvalue weighted by Crippen LogP contribution is -2.30. The van der Waals surface area contributed by atoms with Gasteiger partial charge in [0.2, 0.25) is 0 Å². The third-order valence-electron chi connectivity index (χ3n) is 2.71. The van der Waals surface area contributed by atoms with E-state index < -0.39 is 0 Å². The molecule has 1 aromatic rings. The number of hydrogen-bond donors (Lipinski definition) is 0. The molecule has 0 N–H and O–H groups in total. The van der Waals surface area contributed by atoms with E-state index in [-0.39, 0.29) is 0 Å². The molecule has 0 amide bonds. The Bertz CT molecular complexity index is 270. The van der Waals surface area contributed by atoms with Crippen LogP contribution in [-0.4, -0.2) is 36.7 Å². The second kappa shape index (κ2) is 5.58. The highest BCUT2D eigenvalue weighted by Gasteiger charge is 2.16. The Morgan fingerprint density at radius 1 is 1.67 bits per heavy atom. The Hall–Kier alpha value is -0.450. The van der Waals surface area contributed by atoms with Crippen LogP contribution < -0.4 is 0 Å². The van der Waals surface area contributed by atoms with Gasteiger partial charge in [-0.05, 0) is 25.8 Å². The normalized spacial score (nSPS) is 22.1. The smallest absolute Gasteiger partial charge is 0.107 e. The van der Waals surface area contributed by atoms with Crippen LogP contribution in [0.15, 0.2) is 11.6 Å². The Kier molecular flexibility index (Phi) is 4.11. The molecule has 1 atom stereocenters. The van der Waals surface area contributed by atoms with Crippen LogP contribution in [0.4, 0.5) is 0 Å². The number of ether oxygens (including phenoxy) is 1. The van der Waals surface area contributed by atoms with E-state index in [1.165, 1.54) is 17.8 Å². The van der Waals surface area contributed by atoms with Crippen LogP contribution in [0.5, 0.6) is 0 Å². The van der Waals surface area contributed by atoms with Crippen molar-refractivity contribution in [3.63, 3.8) is 0 Å². The SMILES string of the molecule is CN(Cc1nccs1)C[C@@H]1CCCOC1. The van der Waals surface area contributed by atoms with Gasteiger partial charge in [0.25, 0.3) is 0 Å². The van der Waals surface area contributed by atoms with Crippen LogP contribution >= 0.6 is 11.3 Å². The molecule has 4 heteroatoms. The lowest BCUT2D eigenvalue weighted by atomic mass is 10.0. The van der Waals surface area contributed by atoms with Crippen LogP contribution in [0.1, 0.15) is 17.8 Å². The topological polar surface area (TPSA) is 25.4 Å². The van der Waals surface area contributed by atoms with Gasteiger partial charge in [0.15, 0.2) is 0 Å². The number of nitrogens with zero attached hydrogens (tertiary/aromatic N) is 2. The minimum atomic E-state index is 0.712. The molecule has 2 rings (SSSR count). The molecule has 1 saturated heterocycles. The molecular weight excluding hydrogens is 208 g/mol. The summed E-state index contributed by atoms with van der Waals surface area (Å²) in [6.07, 6.45) is 4.40. The van der Waals surface area contributed by atoms with E-state index in [4.69, 9.17) is 4.74 Å². The van der Waals surface area contributed by atoms with Gasteiger partial charge >= 0.3 is 0 Å². The highest BCUT2D eigenvalue weighted by molar-refractivity contribution is 7.09. The predicted molar refractivity (Wildman–Crippen MR) is 62.0 cm³/mol. The molecule has 2 heterocycles. The second-order valence-electron chi connectivity index (χ2n) is 4.21. The van der Waals surface area contributed by atoms with E-state index in [2.05, 4.69) is 16.9 Å². The molecule has 1 aromatic heterocycles. The Morgan fingerprint density at radius 3 is 3.27 bits per heavy atom. The minimum absolute atomic E-state index is 0.712. The first kappa shape index (κ1) is 11.0. The fraction of sp³-hybridized carbons (Fsp3) is 0.727. The van der Waals surface area contributed by atoms with E-state index in [1.807, 2.05) is 11.6 Å². The van der Waals surface area contributed by atoms with Crippen molar-refractivity contribution in [2.45, 2.75) is 19.4 Å². The lowest BCUT2D eigenvalue weighted by molar-refractivity contribution is 0.0411. The zero-order chi connectivity index (χ0) is 10.5. The first-order valence-corrected chi connectivity index (χ1v) is 6.37. The molecule has 0 saturated carbocycles. The monoisotopic (exact) mass is 226 g/mol. The second-order valence-corrected chi connectivity index (χ2v) is 5.18. The first-order chi connectivity index (χ1) is 7.34. The van der Waals surface area contributed by atoms with Crippen molar-refractivity contribution in [3.8, 4) is 0 Å². The summed E-state index contributed by atoms with van der Waals surface area (Å²) in [4.78, 5) is 6.64. The van der Waals surface area contributed by atoms with Crippen LogP contribution in [0.2, 0.25) is 0 Å². The van der Waals surface area contributed by atoms with Gasteiger partial charge in [0, 0.05) is 24.7 Å². The van der Waals surface area contributed by atoms with Gasteiger partial charge in [-0.25, -0.2) is 4.98 Å². The average molecular weight is 226 g/mol. The Labute approximate surface area is 95.1 Å². The molecule has 1 aliphatic heterocycles. The molecule has 0 aromatic carbocycles. The number of thiazole rings is 1. The summed E-state index contributed by atoms with van der Waals surface area (Å²) in [6, 6.07) is 0. The summed E-state index contributed by atoms with van der Waals surface area (Å²) in [5, 5.41) is 3.24. The Morgan fingerprint density at radius 2 is 2.60 bits per heavy atom. The Balaban J connectivity index is 1.74. The van der Waals surface area contributed by atoms with E-state index in [9.17, 15) is 0 Å². The van der Waals surface area contributed by atoms with E-state index in [0.29, 0.717) is 5.92 Å². The zero-order valence-corrected chi connectivity index (χ0v) is 10.0. The maximum Gasteiger partial charge on any atom is 0.107 e. The molecular formula is C11H18N2OS. The molecule has 0 radical (unpaired) electrons. The van der Waals surface area contributed by atoms with Crippen LogP contribution in [0.25, 0.3) is 0 Å². The summed E-state index contributed by atoms with van der Waals surface area (Å²) in [5.41, 5.74) is 0. The third kappa shape index (κ3) is 3.55. The molecule has 0 spiro atoms. The molecule has 15 heavy (non-hydrogen) atoms. The van der Waals surface area contributed by atoms with Crippen LogP contribution in [-0.2, 0) is 11.3 Å². The van der Waals surface area contributed by atoms with Gasteiger partial charge in [-0.3, -0.25) is 4.90 Å². The summed E-state index contributed by atoms with van der Waals surface area (Å²) in [6.45, 7) is 3.97. The first-order valence-electron chi connectivity index (χ1n) is 5.49. The van der Waals surface area contributed by atoms with Crippen LogP contribution in [0, 0.1) is 5.92 Å². The van der Waals surface area contributed by atoms with Gasteiger partial charge in [-0.1, -0.05) is 0 Å². The number of hydrogen-bond acceptors (Lipinski definition) is 4. The summed E-state index contributed by atoms with van der Waals surface area (Å²) < 4.78 is 5.48. The van der Waals surface area contributed by atoms with Gasteiger partial charge in [0.1, 0.15) is 5.01 Å². The predicted octanol–water partition coefficient (Wildman–Crippen LogP) is 2.00. The van der Waals surface area contributed by atoms with E-state index >= 15 is 0 Å². The van der Waals surface area contributed by atoms with Gasteiger partial charge in [-0.2, -0.15) is 0 Å². The molecule has 0 aliphatic carbocycles. The van der Waals surface area contributed by atoms with Gasteiger partial charge in [0.05, 0.1) is 13.2 Å². The lowest BCUT2D eigenvalue weighted by Gasteiger charge is -2.26. The zero-order valence-electron chi connectivity index (χ0n) is 9.19. The fourth-order valence-corrected chi connectivity index (χ4v) is 2.71. The average Bonchev–Trinajstić information content (AvgIpc) is 2.71. The van der Waals surface area contributed by atoms with Crippen molar-refractivity contribution >= 4 is 11.3 Å². The van der Waals surface area contributed by atoms with E-state index in [1.54, 1.807) is 11.3 Å². The third-order valence-corrected chi connectivity index (χ3v) is 3.48. The van der Waals surface area contributed by atoms with Gasteiger partial charge < -0.3 is 4.74 Å². The molecule has 1 aliphatic rings. The standard InChI is InChI=1S/C11H18N2OS/c1-13(8-11-12-4-6-15-11)7-10-3-2-5-14-9-10/h4,6,10H,2-3,5,7-9H2,1H3/t10-/m0/s1. The number of rotatable bonds is 4. The minimum Gasteiger partial charge on any atom is -0.381 e. The summed E-state index contributed by atoms with van der Waals surface area (Å²) >= 11 is 1.73. The van der Waals surface area contributed by atoms with Crippen LogP contribution in [0.3, 0.4) is 0 Å². The largest absolute Gasteiger partial charge is 0.381 e. The number of aromatic nitrogens is 1. The van der Waals surface area contributed by atoms with Crippen molar-refractivity contribution in [3.05, 3.63) is 16.6 Å². The van der Waals surface area contributed by atoms with Crippen molar-refractivity contribution in [1.29, 1.82) is 0 Å². The molecule has 1 fully saturated rings. The van der Waals surface area contributed by atoms with E-state index in [0.717, 1.165) is 26.3 Å². The molecule has 0 bridgehead atoms. The van der Waals surface area contributed by atoms with Gasteiger partial charge in [-0.15, -0.1) is 11.3 Å². The van der Waals surface area contributed by atoms with Crippen molar-refractivity contribution < 1.29 is 4.74 Å².